The lowest BCUT2D eigenvalue weighted by atomic mass is 10.0. The quantitative estimate of drug-likeness (QED) is 0.585. The molecule has 1 aliphatic rings. The van der Waals surface area contributed by atoms with Crippen molar-refractivity contribution in [2.24, 2.45) is 0 Å². The molecule has 0 bridgehead atoms. The van der Waals surface area contributed by atoms with Gasteiger partial charge in [-0.25, -0.2) is 0 Å². The summed E-state index contributed by atoms with van der Waals surface area (Å²) >= 11 is 0. The van der Waals surface area contributed by atoms with Gasteiger partial charge in [-0.3, -0.25) is 4.79 Å². The van der Waals surface area contributed by atoms with Gasteiger partial charge in [0.05, 0.1) is 6.26 Å². The first-order chi connectivity index (χ1) is 8.25. The van der Waals surface area contributed by atoms with Crippen LogP contribution in [0.25, 0.3) is 0 Å². The molecule has 2 atom stereocenters. The van der Waals surface area contributed by atoms with E-state index in [1.165, 1.54) is 25.5 Å². The molecule has 16 heavy (non-hydrogen) atoms. The normalized spacial score (nSPS) is 21.3. The van der Waals surface area contributed by atoms with Gasteiger partial charge in [-0.1, -0.05) is 45.1 Å². The number of carbonyl (C=O) groups is 1. The maximum Gasteiger partial charge on any atom is 0.177 e. The third-order valence-electron chi connectivity index (χ3n) is 2.63. The Labute approximate surface area is 99.8 Å². The van der Waals surface area contributed by atoms with Crippen molar-refractivity contribution in [1.29, 1.82) is 0 Å². The van der Waals surface area contributed by atoms with Crippen molar-refractivity contribution in [2.45, 2.75) is 57.9 Å². The van der Waals surface area contributed by atoms with Crippen LogP contribution in [0.5, 0.6) is 0 Å². The molecule has 2 unspecified atom stereocenters. The van der Waals surface area contributed by atoms with Gasteiger partial charge in [0.15, 0.2) is 11.9 Å². The molecule has 0 saturated heterocycles. The fraction of sp³-hybridized carbons (Fsp3) is 0.643. The van der Waals surface area contributed by atoms with E-state index in [0.29, 0.717) is 6.42 Å². The largest absolute Gasteiger partial charge is 0.486 e. The zero-order valence-electron chi connectivity index (χ0n) is 11.0. The second-order valence-corrected chi connectivity index (χ2v) is 4.08. The van der Waals surface area contributed by atoms with E-state index in [2.05, 4.69) is 6.92 Å². The second kappa shape index (κ2) is 8.14. The molecule has 0 aromatic rings. The van der Waals surface area contributed by atoms with Gasteiger partial charge in [-0.2, -0.15) is 0 Å². The second-order valence-electron chi connectivity index (χ2n) is 4.08. The summed E-state index contributed by atoms with van der Waals surface area (Å²) in [6, 6.07) is 0. The van der Waals surface area contributed by atoms with Crippen LogP contribution in [-0.2, 0) is 9.53 Å². The number of unbranched alkanes of at least 4 members (excludes halogenated alkanes) is 4. The van der Waals surface area contributed by atoms with Gasteiger partial charge in [0, 0.05) is 7.77 Å². The molecule has 1 rings (SSSR count). The van der Waals surface area contributed by atoms with Crippen molar-refractivity contribution < 1.29 is 10.9 Å². The van der Waals surface area contributed by atoms with E-state index < -0.39 is 12.5 Å². The average Bonchev–Trinajstić information content (AvgIpc) is 2.38. The van der Waals surface area contributed by atoms with Crippen LogP contribution in [0.3, 0.4) is 0 Å². The van der Waals surface area contributed by atoms with Crippen LogP contribution in [0.15, 0.2) is 24.5 Å². The number of ketones is 1. The maximum absolute atomic E-state index is 11.8. The van der Waals surface area contributed by atoms with Crippen LogP contribution < -0.4 is 0 Å². The van der Waals surface area contributed by atoms with E-state index >= 15 is 0 Å². The number of carbonyl (C=O) groups excluding carboxylic acids is 1. The number of rotatable bonds is 8. The van der Waals surface area contributed by atoms with E-state index in [1.54, 1.807) is 18.2 Å². The van der Waals surface area contributed by atoms with E-state index in [4.69, 9.17) is 6.11 Å². The summed E-state index contributed by atoms with van der Waals surface area (Å²) in [4.78, 5) is 11.8. The highest BCUT2D eigenvalue weighted by atomic mass is 16.5. The molecule has 0 amide bonds. The molecule has 0 aromatic carbocycles. The maximum atomic E-state index is 11.8. The number of Topliss-reactive ketones (excluding diaryl/α,β-unsaturated/α-hetero) is 1. The van der Waals surface area contributed by atoms with Crippen LogP contribution in [0.4, 0.5) is 0 Å². The van der Waals surface area contributed by atoms with E-state index in [9.17, 15) is 4.79 Å². The van der Waals surface area contributed by atoms with Crippen molar-refractivity contribution in [3.63, 3.8) is 0 Å². The van der Waals surface area contributed by atoms with E-state index in [-0.39, 0.29) is 5.78 Å². The lowest BCUT2D eigenvalue weighted by Gasteiger charge is -2.13. The Bertz CT molecular complexity index is 284. The minimum atomic E-state index is -0.641. The number of allylic oxidation sites excluding steroid dienone is 2. The molecule has 0 aliphatic carbocycles. The molecule has 0 fully saturated rings. The SMILES string of the molecule is [2H]C(CCCCCCC)C(=O)C1C=CC=CO1. The lowest BCUT2D eigenvalue weighted by molar-refractivity contribution is -0.125. The lowest BCUT2D eigenvalue weighted by Crippen LogP contribution is -2.20. The van der Waals surface area contributed by atoms with Gasteiger partial charge in [0.2, 0.25) is 0 Å². The predicted octanol–water partition coefficient (Wildman–Crippen LogP) is 3.77. The van der Waals surface area contributed by atoms with E-state index in [0.717, 1.165) is 12.8 Å². The fourth-order valence-electron chi connectivity index (χ4n) is 1.66. The minimum Gasteiger partial charge on any atom is -0.486 e. The van der Waals surface area contributed by atoms with Crippen LogP contribution >= 0.6 is 0 Å². The van der Waals surface area contributed by atoms with Crippen molar-refractivity contribution in [3.8, 4) is 0 Å². The Morgan fingerprint density at radius 2 is 2.00 bits per heavy atom. The highest BCUT2D eigenvalue weighted by Crippen LogP contribution is 2.11. The first-order valence-electron chi connectivity index (χ1n) is 6.78. The molecular weight excluding hydrogens is 200 g/mol. The molecule has 0 aromatic heterocycles. The molecule has 90 valence electrons. The van der Waals surface area contributed by atoms with Crippen molar-refractivity contribution in [2.75, 3.05) is 0 Å². The Morgan fingerprint density at radius 1 is 1.25 bits per heavy atom. The first-order valence-corrected chi connectivity index (χ1v) is 6.20. The van der Waals surface area contributed by atoms with E-state index in [1.807, 2.05) is 0 Å². The van der Waals surface area contributed by atoms with Gasteiger partial charge < -0.3 is 4.74 Å². The summed E-state index contributed by atoms with van der Waals surface area (Å²) in [5.74, 6) is -0.124. The van der Waals surface area contributed by atoms with Gasteiger partial charge >= 0.3 is 0 Å². The topological polar surface area (TPSA) is 26.3 Å². The highest BCUT2D eigenvalue weighted by molar-refractivity contribution is 5.85. The molecular formula is C14H22O2. The summed E-state index contributed by atoms with van der Waals surface area (Å²) in [6.07, 6.45) is 12.0. The Balaban J connectivity index is 2.18. The van der Waals surface area contributed by atoms with Gasteiger partial charge in [-0.15, -0.1) is 0 Å². The smallest absolute Gasteiger partial charge is 0.177 e. The Kier molecular flexibility index (Phi) is 5.82. The van der Waals surface area contributed by atoms with Crippen LogP contribution in [0.1, 0.15) is 53.2 Å². The van der Waals surface area contributed by atoms with Gasteiger partial charge in [0.25, 0.3) is 0 Å². The summed E-state index contributed by atoms with van der Waals surface area (Å²) in [5.41, 5.74) is 0. The third kappa shape index (κ3) is 5.15. The fourth-order valence-corrected chi connectivity index (χ4v) is 1.66. The third-order valence-corrected chi connectivity index (χ3v) is 2.63. The molecule has 0 N–H and O–H groups in total. The van der Waals surface area contributed by atoms with Crippen LogP contribution in [0, 0.1) is 0 Å². The average molecular weight is 223 g/mol. The van der Waals surface area contributed by atoms with Gasteiger partial charge in [0.1, 0.15) is 0 Å². The van der Waals surface area contributed by atoms with Crippen molar-refractivity contribution in [1.82, 2.24) is 0 Å². The zero-order chi connectivity index (χ0) is 12.5. The molecule has 0 saturated carbocycles. The molecule has 2 nitrogen and oxygen atoms in total. The number of hydrogen-bond acceptors (Lipinski definition) is 2. The summed E-state index contributed by atoms with van der Waals surface area (Å²) in [5, 5.41) is 0. The molecule has 1 heterocycles. The molecule has 1 aliphatic heterocycles. The molecule has 2 heteroatoms. The van der Waals surface area contributed by atoms with Gasteiger partial charge in [-0.05, 0) is 18.6 Å². The first kappa shape index (κ1) is 11.4. The Hall–Kier alpha value is -1.05. The summed E-state index contributed by atoms with van der Waals surface area (Å²) in [6.45, 7) is 2.18. The summed E-state index contributed by atoms with van der Waals surface area (Å²) in [7, 11) is 0. The number of hydrogen-bond donors (Lipinski definition) is 0. The molecule has 0 radical (unpaired) electrons. The van der Waals surface area contributed by atoms with Crippen LogP contribution in [-0.4, -0.2) is 11.9 Å². The minimum absolute atomic E-state index is 0.124. The van der Waals surface area contributed by atoms with Crippen molar-refractivity contribution in [3.05, 3.63) is 24.5 Å². The monoisotopic (exact) mass is 223 g/mol. The van der Waals surface area contributed by atoms with Crippen molar-refractivity contribution >= 4 is 5.78 Å². The number of ether oxygens (including phenoxy) is 1. The standard InChI is InChI=1S/C14H22O2/c1-2-3-4-5-6-7-10-13(15)14-11-8-9-12-16-14/h8-9,11-12,14H,2-7,10H2,1H3/i10D. The van der Waals surface area contributed by atoms with Crippen LogP contribution in [0.2, 0.25) is 0 Å². The predicted molar refractivity (Wildman–Crippen MR) is 66.2 cm³/mol. The zero-order valence-corrected chi connectivity index (χ0v) is 10.0. The highest BCUT2D eigenvalue weighted by Gasteiger charge is 2.15. The molecule has 0 spiro atoms. The summed E-state index contributed by atoms with van der Waals surface area (Å²) < 4.78 is 13.0. The Morgan fingerprint density at radius 3 is 2.69 bits per heavy atom.